The van der Waals surface area contributed by atoms with E-state index in [4.69, 9.17) is 4.74 Å². The smallest absolute Gasteiger partial charge is 0.338 e. The molecule has 1 N–H and O–H groups in total. The highest BCUT2D eigenvalue weighted by Gasteiger charge is 2.28. The minimum Gasteiger partial charge on any atom is -0.465 e. The van der Waals surface area contributed by atoms with Crippen LogP contribution in [-0.4, -0.2) is 50.4 Å². The second-order valence-electron chi connectivity index (χ2n) is 5.47. The number of allylic oxidation sites excluding steroid dienone is 1. The maximum atomic E-state index is 11.9. The summed E-state index contributed by atoms with van der Waals surface area (Å²) in [5, 5.41) is 3.15. The fourth-order valence-corrected chi connectivity index (χ4v) is 3.14. The van der Waals surface area contributed by atoms with E-state index in [0.717, 1.165) is 35.6 Å². The number of aromatic nitrogens is 2. The number of rotatable bonds is 4. The van der Waals surface area contributed by atoms with Crippen LogP contribution >= 0.6 is 0 Å². The van der Waals surface area contributed by atoms with Crippen molar-refractivity contribution in [3.8, 4) is 0 Å². The van der Waals surface area contributed by atoms with Gasteiger partial charge in [0.1, 0.15) is 0 Å². The fraction of sp³-hybridized carbons (Fsp3) is 0.474. The second kappa shape index (κ2) is 9.79. The number of anilines is 2. The monoisotopic (exact) mass is 364 g/mol. The van der Waals surface area contributed by atoms with E-state index in [1.165, 1.54) is 7.11 Å². The van der Waals surface area contributed by atoms with Crippen LogP contribution in [0.3, 0.4) is 0 Å². The largest absolute Gasteiger partial charge is 0.465 e. The summed E-state index contributed by atoms with van der Waals surface area (Å²) >= 11 is 0. The Balaban J connectivity index is 0.000000791. The van der Waals surface area contributed by atoms with E-state index >= 15 is 0 Å². The van der Waals surface area contributed by atoms with Gasteiger partial charge in [0.05, 0.1) is 42.6 Å². The van der Waals surface area contributed by atoms with Gasteiger partial charge in [0.25, 0.3) is 0 Å². The Morgan fingerprint density at radius 1 is 1.46 bits per heavy atom. The van der Waals surface area contributed by atoms with E-state index in [1.54, 1.807) is 6.07 Å². The first-order chi connectivity index (χ1) is 12.6. The van der Waals surface area contributed by atoms with Crippen LogP contribution in [-0.2, 0) is 4.74 Å². The zero-order valence-electron chi connectivity index (χ0n) is 16.5. The van der Waals surface area contributed by atoms with E-state index in [9.17, 15) is 9.18 Å². The summed E-state index contributed by atoms with van der Waals surface area (Å²) < 4.78 is 16.5. The zero-order chi connectivity index (χ0) is 19.9. The van der Waals surface area contributed by atoms with Crippen LogP contribution in [0.5, 0.6) is 0 Å². The van der Waals surface area contributed by atoms with Crippen LogP contribution < -0.4 is 10.2 Å². The summed E-state index contributed by atoms with van der Waals surface area (Å²) in [5.74, 6) is 0.457. The molecule has 0 radical (unpaired) electrons. The molecule has 0 aliphatic carbocycles. The SMILES string of the molecule is C=CCC1CN(C)c2cc(C(=O)OC)cc3nc(NC)n1c23.CC.CF. The number of esters is 1. The summed E-state index contributed by atoms with van der Waals surface area (Å²) in [6, 6.07) is 3.92. The van der Waals surface area contributed by atoms with Gasteiger partial charge in [-0.3, -0.25) is 4.39 Å². The van der Waals surface area contributed by atoms with E-state index in [1.807, 2.05) is 40.1 Å². The molecule has 0 saturated heterocycles. The lowest BCUT2D eigenvalue weighted by Gasteiger charge is -2.33. The van der Waals surface area contributed by atoms with Gasteiger partial charge in [-0.25, -0.2) is 9.78 Å². The molecule has 0 bridgehead atoms. The molecule has 1 aromatic carbocycles. The molecule has 1 aliphatic heterocycles. The fourth-order valence-electron chi connectivity index (χ4n) is 3.14. The number of imidazole rings is 1. The maximum absolute atomic E-state index is 11.9. The molecule has 0 fully saturated rings. The highest BCUT2D eigenvalue weighted by Crippen LogP contribution is 2.38. The molecule has 7 heteroatoms. The molecule has 0 saturated carbocycles. The van der Waals surface area contributed by atoms with E-state index < -0.39 is 0 Å². The number of ether oxygens (including phenoxy) is 1. The molecule has 1 aliphatic rings. The number of halogens is 1. The van der Waals surface area contributed by atoms with Crippen LogP contribution in [0.25, 0.3) is 11.0 Å². The van der Waals surface area contributed by atoms with Crippen LogP contribution in [0.4, 0.5) is 16.0 Å². The topological polar surface area (TPSA) is 59.4 Å². The summed E-state index contributed by atoms with van der Waals surface area (Å²) in [6.45, 7) is 8.69. The molecule has 1 aromatic heterocycles. The zero-order valence-corrected chi connectivity index (χ0v) is 16.5. The van der Waals surface area contributed by atoms with Crippen LogP contribution in [0, 0.1) is 0 Å². The van der Waals surface area contributed by atoms with Gasteiger partial charge in [-0.15, -0.1) is 6.58 Å². The van der Waals surface area contributed by atoms with Crippen LogP contribution in [0.1, 0.15) is 36.7 Å². The minimum atomic E-state index is -0.347. The normalized spacial score (nSPS) is 14.6. The van der Waals surface area contributed by atoms with Crippen molar-refractivity contribution < 1.29 is 13.9 Å². The Bertz CT molecular complexity index is 758. The average molecular weight is 364 g/mol. The molecule has 3 rings (SSSR count). The first kappa shape index (κ1) is 21.5. The highest BCUT2D eigenvalue weighted by atomic mass is 19.1. The molecular weight excluding hydrogens is 335 g/mol. The Labute approximate surface area is 154 Å². The van der Waals surface area contributed by atoms with Crippen molar-refractivity contribution >= 4 is 28.6 Å². The summed E-state index contributed by atoms with van der Waals surface area (Å²) in [4.78, 5) is 18.7. The molecule has 2 heterocycles. The van der Waals surface area contributed by atoms with E-state index in [0.29, 0.717) is 12.7 Å². The van der Waals surface area contributed by atoms with Crippen LogP contribution in [0.2, 0.25) is 0 Å². The lowest BCUT2D eigenvalue weighted by Crippen LogP contribution is -2.32. The number of alkyl halides is 1. The van der Waals surface area contributed by atoms with Crippen molar-refractivity contribution in [1.29, 1.82) is 0 Å². The van der Waals surface area contributed by atoms with Gasteiger partial charge >= 0.3 is 5.97 Å². The minimum absolute atomic E-state index is 0.270. The van der Waals surface area contributed by atoms with Gasteiger partial charge in [-0.05, 0) is 18.6 Å². The van der Waals surface area contributed by atoms with Crippen LogP contribution in [0.15, 0.2) is 24.8 Å². The number of carbonyl (C=O) groups excluding carboxylic acids is 1. The van der Waals surface area contributed by atoms with Crippen molar-refractivity contribution in [2.75, 3.05) is 45.1 Å². The number of carbonyl (C=O) groups is 1. The summed E-state index contributed by atoms with van der Waals surface area (Å²) in [7, 11) is 5.77. The number of nitrogens with zero attached hydrogens (tertiary/aromatic N) is 3. The third kappa shape index (κ3) is 3.81. The Kier molecular flexibility index (Phi) is 8.09. The Hall–Kier alpha value is -2.57. The first-order valence-electron chi connectivity index (χ1n) is 8.62. The first-order valence-corrected chi connectivity index (χ1v) is 8.62. The predicted molar refractivity (Wildman–Crippen MR) is 106 cm³/mol. The number of hydrogen-bond donors (Lipinski definition) is 1. The third-order valence-corrected chi connectivity index (χ3v) is 4.11. The lowest BCUT2D eigenvalue weighted by molar-refractivity contribution is 0.0601. The number of methoxy groups -OCH3 is 1. The number of nitrogens with one attached hydrogen (secondary N) is 1. The molecular formula is C19H29FN4O2. The van der Waals surface area contributed by atoms with Crippen molar-refractivity contribution in [2.45, 2.75) is 26.3 Å². The lowest BCUT2D eigenvalue weighted by atomic mass is 10.1. The molecule has 144 valence electrons. The van der Waals surface area contributed by atoms with Gasteiger partial charge < -0.3 is 19.5 Å². The van der Waals surface area contributed by atoms with Crippen molar-refractivity contribution in [3.63, 3.8) is 0 Å². The van der Waals surface area contributed by atoms with Gasteiger partial charge in [-0.2, -0.15) is 0 Å². The molecule has 6 nitrogen and oxygen atoms in total. The average Bonchev–Trinajstić information content (AvgIpc) is 3.07. The molecule has 2 aromatic rings. The molecule has 26 heavy (non-hydrogen) atoms. The molecule has 0 amide bonds. The quantitative estimate of drug-likeness (QED) is 0.655. The van der Waals surface area contributed by atoms with Gasteiger partial charge in [0.2, 0.25) is 5.95 Å². The standard InChI is InChI=1S/C16H20N4O2.C2H6.CH3F/c1-5-6-11-9-19(3)13-8-10(15(21)22-4)7-12-14(13)20(11)16(17-2)18-12;2*1-2/h5,7-8,11H,1,6,9H2,2-4H3,(H,17,18);1-2H3;1H3. The number of likely N-dealkylation sites (N-methyl/N-ethyl adjacent to an activating group) is 1. The third-order valence-electron chi connectivity index (χ3n) is 4.11. The molecule has 1 atom stereocenters. The summed E-state index contributed by atoms with van der Waals surface area (Å²) in [6.07, 6.45) is 2.79. The highest BCUT2D eigenvalue weighted by molar-refractivity contribution is 6.00. The van der Waals surface area contributed by atoms with Gasteiger partial charge in [0.15, 0.2) is 0 Å². The maximum Gasteiger partial charge on any atom is 0.338 e. The van der Waals surface area contributed by atoms with Crippen molar-refractivity contribution in [3.05, 3.63) is 30.4 Å². The summed E-state index contributed by atoms with van der Waals surface area (Å²) in [5.41, 5.74) is 3.35. The number of hydrogen-bond acceptors (Lipinski definition) is 5. The number of benzene rings is 1. The van der Waals surface area contributed by atoms with Gasteiger partial charge in [-0.1, -0.05) is 19.9 Å². The van der Waals surface area contributed by atoms with E-state index in [2.05, 4.69) is 26.3 Å². The second-order valence-corrected chi connectivity index (χ2v) is 5.47. The predicted octanol–water partition coefficient (Wildman–Crippen LogP) is 4.04. The Morgan fingerprint density at radius 2 is 2.12 bits per heavy atom. The van der Waals surface area contributed by atoms with Gasteiger partial charge in [0, 0.05) is 20.6 Å². The van der Waals surface area contributed by atoms with E-state index in [-0.39, 0.29) is 12.0 Å². The molecule has 1 unspecified atom stereocenters. The van der Waals surface area contributed by atoms with Crippen molar-refractivity contribution in [2.24, 2.45) is 0 Å². The van der Waals surface area contributed by atoms with Crippen molar-refractivity contribution in [1.82, 2.24) is 9.55 Å². The Morgan fingerprint density at radius 3 is 2.65 bits per heavy atom. The molecule has 0 spiro atoms.